The molecule has 0 atom stereocenters. The van der Waals surface area contributed by atoms with Gasteiger partial charge in [-0.3, -0.25) is 0 Å². The van der Waals surface area contributed by atoms with Crippen molar-refractivity contribution in [2.45, 2.75) is 0 Å². The van der Waals surface area contributed by atoms with Crippen LogP contribution in [0.25, 0.3) is 10.9 Å². The average molecular weight is 232 g/mol. The van der Waals surface area contributed by atoms with E-state index in [0.29, 0.717) is 20.7 Å². The van der Waals surface area contributed by atoms with Crippen molar-refractivity contribution in [3.8, 4) is 0 Å². The first kappa shape index (κ1) is 9.07. The van der Waals surface area contributed by atoms with E-state index in [1.165, 1.54) is 0 Å². The Labute approximate surface area is 90.2 Å². The minimum absolute atomic E-state index is 0.428. The predicted molar refractivity (Wildman–Crippen MR) is 56.8 cm³/mol. The highest BCUT2D eigenvalue weighted by molar-refractivity contribution is 6.38. The van der Waals surface area contributed by atoms with E-state index in [1.54, 1.807) is 18.2 Å². The first-order chi connectivity index (χ1) is 6.16. The van der Waals surface area contributed by atoms with E-state index < -0.39 is 0 Å². The molecular formula is C9H4Cl3N. The van der Waals surface area contributed by atoms with Gasteiger partial charge in [0.2, 0.25) is 0 Å². The number of fused-ring (bicyclic) bond motifs is 1. The largest absolute Gasteiger partial charge is 0.235 e. The molecule has 0 aliphatic heterocycles. The maximum Gasteiger partial charge on any atom is 0.129 e. The number of pyridine rings is 1. The lowest BCUT2D eigenvalue weighted by Gasteiger charge is -2.00. The molecule has 0 bridgehead atoms. The van der Waals surface area contributed by atoms with E-state index in [1.807, 2.05) is 6.07 Å². The highest BCUT2D eigenvalue weighted by Crippen LogP contribution is 2.27. The monoisotopic (exact) mass is 231 g/mol. The van der Waals surface area contributed by atoms with Gasteiger partial charge in [0.25, 0.3) is 0 Å². The molecule has 0 saturated heterocycles. The van der Waals surface area contributed by atoms with Crippen molar-refractivity contribution in [2.24, 2.45) is 0 Å². The SMILES string of the molecule is Clc1cc(Cl)c2nc(Cl)ccc2c1. The third kappa shape index (κ3) is 1.73. The summed E-state index contributed by atoms with van der Waals surface area (Å²) < 4.78 is 0. The Morgan fingerprint density at radius 3 is 2.54 bits per heavy atom. The minimum Gasteiger partial charge on any atom is -0.235 e. The number of nitrogens with zero attached hydrogens (tertiary/aromatic N) is 1. The van der Waals surface area contributed by atoms with E-state index in [2.05, 4.69) is 4.98 Å². The van der Waals surface area contributed by atoms with Gasteiger partial charge in [0.1, 0.15) is 5.15 Å². The molecule has 0 fully saturated rings. The highest BCUT2D eigenvalue weighted by Gasteiger charge is 2.02. The molecule has 0 radical (unpaired) electrons. The van der Waals surface area contributed by atoms with E-state index in [9.17, 15) is 0 Å². The highest BCUT2D eigenvalue weighted by atomic mass is 35.5. The van der Waals surface area contributed by atoms with Gasteiger partial charge in [-0.1, -0.05) is 34.8 Å². The van der Waals surface area contributed by atoms with Crippen molar-refractivity contribution < 1.29 is 0 Å². The lowest BCUT2D eigenvalue weighted by molar-refractivity contribution is 1.41. The number of halogens is 3. The summed E-state index contributed by atoms with van der Waals surface area (Å²) in [5, 5.41) is 2.44. The van der Waals surface area contributed by atoms with E-state index in [4.69, 9.17) is 34.8 Å². The molecular weight excluding hydrogens is 228 g/mol. The number of aromatic nitrogens is 1. The molecule has 1 aromatic carbocycles. The van der Waals surface area contributed by atoms with Crippen LogP contribution in [0.15, 0.2) is 24.3 Å². The summed E-state index contributed by atoms with van der Waals surface area (Å²) >= 11 is 17.5. The predicted octanol–water partition coefficient (Wildman–Crippen LogP) is 4.20. The van der Waals surface area contributed by atoms with Gasteiger partial charge in [0.15, 0.2) is 0 Å². The summed E-state index contributed by atoms with van der Waals surface area (Å²) in [6.45, 7) is 0. The Morgan fingerprint density at radius 2 is 1.77 bits per heavy atom. The lowest BCUT2D eigenvalue weighted by atomic mass is 10.2. The van der Waals surface area contributed by atoms with Crippen LogP contribution in [0.3, 0.4) is 0 Å². The second kappa shape index (κ2) is 3.33. The Kier molecular flexibility index (Phi) is 2.33. The second-order valence-corrected chi connectivity index (χ2v) is 3.82. The molecule has 2 rings (SSSR count). The van der Waals surface area contributed by atoms with Crippen LogP contribution in [0.1, 0.15) is 0 Å². The van der Waals surface area contributed by atoms with Gasteiger partial charge in [0.05, 0.1) is 10.5 Å². The standard InChI is InChI=1S/C9H4Cl3N/c10-6-3-5-1-2-8(12)13-9(5)7(11)4-6/h1-4H. The maximum absolute atomic E-state index is 5.93. The molecule has 0 aliphatic carbocycles. The topological polar surface area (TPSA) is 12.9 Å². The van der Waals surface area contributed by atoms with Crippen molar-refractivity contribution in [3.63, 3.8) is 0 Å². The van der Waals surface area contributed by atoms with Crippen LogP contribution in [0, 0.1) is 0 Å². The number of hydrogen-bond donors (Lipinski definition) is 0. The zero-order valence-corrected chi connectivity index (χ0v) is 8.66. The molecule has 0 saturated carbocycles. The molecule has 4 heteroatoms. The second-order valence-electron chi connectivity index (χ2n) is 2.59. The van der Waals surface area contributed by atoms with Crippen molar-refractivity contribution >= 4 is 45.7 Å². The van der Waals surface area contributed by atoms with Gasteiger partial charge in [-0.2, -0.15) is 0 Å². The van der Waals surface area contributed by atoms with Crippen LogP contribution < -0.4 is 0 Å². The van der Waals surface area contributed by atoms with Crippen LogP contribution in [-0.4, -0.2) is 4.98 Å². The van der Waals surface area contributed by atoms with E-state index >= 15 is 0 Å². The van der Waals surface area contributed by atoms with Crippen LogP contribution >= 0.6 is 34.8 Å². The van der Waals surface area contributed by atoms with Gasteiger partial charge >= 0.3 is 0 Å². The van der Waals surface area contributed by atoms with Gasteiger partial charge in [-0.15, -0.1) is 0 Å². The molecule has 13 heavy (non-hydrogen) atoms. The van der Waals surface area contributed by atoms with E-state index in [0.717, 1.165) is 5.39 Å². The van der Waals surface area contributed by atoms with Crippen LogP contribution in [0.5, 0.6) is 0 Å². The van der Waals surface area contributed by atoms with Crippen molar-refractivity contribution in [3.05, 3.63) is 39.5 Å². The first-order valence-corrected chi connectivity index (χ1v) is 4.71. The molecule has 2 aromatic rings. The number of benzene rings is 1. The third-order valence-electron chi connectivity index (χ3n) is 1.68. The summed E-state index contributed by atoms with van der Waals surface area (Å²) in [5.74, 6) is 0. The van der Waals surface area contributed by atoms with Crippen molar-refractivity contribution in [1.29, 1.82) is 0 Å². The summed E-state index contributed by atoms with van der Waals surface area (Å²) in [6.07, 6.45) is 0. The maximum atomic E-state index is 5.93. The van der Waals surface area contributed by atoms with Gasteiger partial charge < -0.3 is 0 Å². The molecule has 0 aliphatic rings. The van der Waals surface area contributed by atoms with Gasteiger partial charge in [-0.25, -0.2) is 4.98 Å². The molecule has 1 aromatic heterocycles. The zero-order chi connectivity index (χ0) is 9.42. The Hall–Kier alpha value is -0.500. The Bertz CT molecular complexity index is 468. The summed E-state index contributed by atoms with van der Waals surface area (Å²) in [4.78, 5) is 4.09. The Balaban J connectivity index is 2.87. The van der Waals surface area contributed by atoms with Crippen molar-refractivity contribution in [1.82, 2.24) is 4.98 Å². The summed E-state index contributed by atoms with van der Waals surface area (Å²) in [6, 6.07) is 6.99. The fourth-order valence-corrected chi connectivity index (χ4v) is 1.83. The van der Waals surface area contributed by atoms with Crippen molar-refractivity contribution in [2.75, 3.05) is 0 Å². The van der Waals surface area contributed by atoms with Crippen LogP contribution in [0.4, 0.5) is 0 Å². The average Bonchev–Trinajstić information content (AvgIpc) is 2.06. The molecule has 0 amide bonds. The zero-order valence-electron chi connectivity index (χ0n) is 6.39. The molecule has 0 unspecified atom stereocenters. The van der Waals surface area contributed by atoms with Gasteiger partial charge in [0, 0.05) is 10.4 Å². The van der Waals surface area contributed by atoms with Crippen LogP contribution in [0.2, 0.25) is 15.2 Å². The fourth-order valence-electron chi connectivity index (χ4n) is 1.13. The molecule has 0 N–H and O–H groups in total. The third-order valence-corrected chi connectivity index (χ3v) is 2.39. The summed E-state index contributed by atoms with van der Waals surface area (Å²) in [5.41, 5.74) is 0.679. The summed E-state index contributed by atoms with van der Waals surface area (Å²) in [7, 11) is 0. The minimum atomic E-state index is 0.428. The molecule has 1 nitrogen and oxygen atoms in total. The molecule has 0 spiro atoms. The quantitative estimate of drug-likeness (QED) is 0.621. The Morgan fingerprint density at radius 1 is 1.00 bits per heavy atom. The smallest absolute Gasteiger partial charge is 0.129 e. The normalized spacial score (nSPS) is 10.7. The lowest BCUT2D eigenvalue weighted by Crippen LogP contribution is -1.80. The number of rotatable bonds is 0. The van der Waals surface area contributed by atoms with E-state index in [-0.39, 0.29) is 0 Å². The van der Waals surface area contributed by atoms with Crippen LogP contribution in [-0.2, 0) is 0 Å². The first-order valence-electron chi connectivity index (χ1n) is 3.58. The molecule has 1 heterocycles. The van der Waals surface area contributed by atoms with Gasteiger partial charge in [-0.05, 0) is 24.3 Å². The molecule has 66 valence electrons. The fraction of sp³-hybridized carbons (Fsp3) is 0. The number of hydrogen-bond acceptors (Lipinski definition) is 1.